The zero-order chi connectivity index (χ0) is 15.3. The lowest BCUT2D eigenvalue weighted by Crippen LogP contribution is -2.31. The van der Waals surface area contributed by atoms with Gasteiger partial charge in [-0.25, -0.2) is 12.7 Å². The molecule has 1 rings (SSSR count). The molecule has 0 fully saturated rings. The first-order valence-corrected chi connectivity index (χ1v) is 7.71. The summed E-state index contributed by atoms with van der Waals surface area (Å²) < 4.78 is 29.6. The summed E-state index contributed by atoms with van der Waals surface area (Å²) in [4.78, 5) is 11.7. The maximum absolute atomic E-state index is 11.8. The maximum Gasteiger partial charge on any atom is 0.287 e. The van der Waals surface area contributed by atoms with Crippen LogP contribution in [0.3, 0.4) is 0 Å². The van der Waals surface area contributed by atoms with Crippen LogP contribution in [0.2, 0.25) is 0 Å². The van der Waals surface area contributed by atoms with Gasteiger partial charge < -0.3 is 14.8 Å². The third-order valence-corrected chi connectivity index (χ3v) is 4.35. The topological polar surface area (TPSA) is 99.8 Å². The first-order chi connectivity index (χ1) is 9.28. The molecule has 0 aliphatic heterocycles. The summed E-state index contributed by atoms with van der Waals surface area (Å²) in [6.07, 6.45) is 0.769. The van der Waals surface area contributed by atoms with Gasteiger partial charge in [0.05, 0.1) is 6.10 Å². The van der Waals surface area contributed by atoms with E-state index < -0.39 is 22.0 Å². The molecular weight excluding hydrogens is 284 g/mol. The SMILES string of the molecule is CCCC(O)CNC(=O)c1ccc(S(=O)(=O)N(C)C)o1. The zero-order valence-corrected chi connectivity index (χ0v) is 12.6. The predicted octanol–water partition coefficient (Wildman–Crippen LogP) is 0.421. The Labute approximate surface area is 118 Å². The van der Waals surface area contributed by atoms with Crippen LogP contribution in [0.4, 0.5) is 0 Å². The molecule has 2 N–H and O–H groups in total. The van der Waals surface area contributed by atoms with Crippen LogP contribution in [0.1, 0.15) is 30.3 Å². The number of hydrogen-bond donors (Lipinski definition) is 2. The molecule has 0 spiro atoms. The molecule has 1 unspecified atom stereocenters. The van der Waals surface area contributed by atoms with Crippen molar-refractivity contribution in [1.29, 1.82) is 0 Å². The van der Waals surface area contributed by atoms with E-state index in [4.69, 9.17) is 4.42 Å². The van der Waals surface area contributed by atoms with Gasteiger partial charge in [0.1, 0.15) is 0 Å². The van der Waals surface area contributed by atoms with E-state index in [1.54, 1.807) is 0 Å². The minimum absolute atomic E-state index is 0.100. The average molecular weight is 304 g/mol. The third-order valence-electron chi connectivity index (χ3n) is 2.66. The molecule has 0 saturated heterocycles. The van der Waals surface area contributed by atoms with Gasteiger partial charge in [0.25, 0.3) is 15.9 Å². The number of furan rings is 1. The number of amides is 1. The highest BCUT2D eigenvalue weighted by Crippen LogP contribution is 2.16. The number of nitrogens with one attached hydrogen (secondary N) is 1. The van der Waals surface area contributed by atoms with Gasteiger partial charge in [-0.1, -0.05) is 13.3 Å². The van der Waals surface area contributed by atoms with Gasteiger partial charge in [-0.15, -0.1) is 0 Å². The van der Waals surface area contributed by atoms with Crippen LogP contribution < -0.4 is 5.32 Å². The molecular formula is C12H20N2O5S. The molecule has 1 amide bonds. The summed E-state index contributed by atoms with van der Waals surface area (Å²) in [6, 6.07) is 2.52. The first kappa shape index (κ1) is 16.7. The number of hydrogen-bond acceptors (Lipinski definition) is 5. The molecule has 7 nitrogen and oxygen atoms in total. The van der Waals surface area contributed by atoms with E-state index in [9.17, 15) is 18.3 Å². The summed E-state index contributed by atoms with van der Waals surface area (Å²) in [5, 5.41) is 11.7. The minimum Gasteiger partial charge on any atom is -0.438 e. The van der Waals surface area contributed by atoms with Crippen molar-refractivity contribution in [1.82, 2.24) is 9.62 Å². The van der Waals surface area contributed by atoms with Crippen molar-refractivity contribution in [2.75, 3.05) is 20.6 Å². The monoisotopic (exact) mass is 304 g/mol. The van der Waals surface area contributed by atoms with E-state index in [2.05, 4.69) is 5.32 Å². The number of nitrogens with zero attached hydrogens (tertiary/aromatic N) is 1. The Hall–Kier alpha value is -1.38. The van der Waals surface area contributed by atoms with Crippen LogP contribution in [0, 0.1) is 0 Å². The number of sulfonamides is 1. The molecule has 0 aliphatic carbocycles. The van der Waals surface area contributed by atoms with Crippen molar-refractivity contribution in [2.45, 2.75) is 31.0 Å². The smallest absolute Gasteiger partial charge is 0.287 e. The van der Waals surface area contributed by atoms with E-state index >= 15 is 0 Å². The van der Waals surface area contributed by atoms with Crippen LogP contribution in [-0.4, -0.2) is 50.5 Å². The minimum atomic E-state index is -3.69. The lowest BCUT2D eigenvalue weighted by Gasteiger charge is -2.10. The van der Waals surface area contributed by atoms with Crippen LogP contribution in [-0.2, 0) is 10.0 Å². The number of rotatable bonds is 7. The lowest BCUT2D eigenvalue weighted by atomic mass is 10.2. The van der Waals surface area contributed by atoms with Crippen LogP contribution in [0.5, 0.6) is 0 Å². The van der Waals surface area contributed by atoms with Crippen molar-refractivity contribution in [2.24, 2.45) is 0 Å². The molecule has 0 aromatic carbocycles. The number of carbonyl (C=O) groups is 1. The molecule has 0 bridgehead atoms. The third kappa shape index (κ3) is 4.06. The lowest BCUT2D eigenvalue weighted by molar-refractivity contribution is 0.0878. The van der Waals surface area contributed by atoms with E-state index in [0.29, 0.717) is 6.42 Å². The fourth-order valence-corrected chi connectivity index (χ4v) is 2.29. The number of aliphatic hydroxyl groups is 1. The Morgan fingerprint density at radius 2 is 2.10 bits per heavy atom. The average Bonchev–Trinajstić information content (AvgIpc) is 2.86. The summed E-state index contributed by atoms with van der Waals surface area (Å²) in [6.45, 7) is 2.03. The van der Waals surface area contributed by atoms with E-state index in [1.165, 1.54) is 26.2 Å². The second kappa shape index (κ2) is 6.87. The summed E-state index contributed by atoms with van der Waals surface area (Å²) in [7, 11) is -0.945. The Kier molecular flexibility index (Phi) is 5.73. The highest BCUT2D eigenvalue weighted by molar-refractivity contribution is 7.88. The molecule has 1 atom stereocenters. The Morgan fingerprint density at radius 3 is 2.65 bits per heavy atom. The van der Waals surface area contributed by atoms with Crippen molar-refractivity contribution in [3.8, 4) is 0 Å². The summed E-state index contributed by atoms with van der Waals surface area (Å²) >= 11 is 0. The Bertz CT molecular complexity index is 550. The first-order valence-electron chi connectivity index (χ1n) is 6.27. The van der Waals surface area contributed by atoms with E-state index in [1.807, 2.05) is 6.92 Å². The van der Waals surface area contributed by atoms with Gasteiger partial charge in [0, 0.05) is 20.6 Å². The summed E-state index contributed by atoms with van der Waals surface area (Å²) in [5.74, 6) is -0.658. The van der Waals surface area contributed by atoms with Gasteiger partial charge in [-0.3, -0.25) is 4.79 Å². The van der Waals surface area contributed by atoms with Gasteiger partial charge in [0.2, 0.25) is 5.09 Å². The molecule has 1 aromatic rings. The second-order valence-electron chi connectivity index (χ2n) is 4.56. The van der Waals surface area contributed by atoms with Crippen molar-refractivity contribution >= 4 is 15.9 Å². The number of aliphatic hydroxyl groups excluding tert-OH is 1. The highest BCUT2D eigenvalue weighted by Gasteiger charge is 2.23. The van der Waals surface area contributed by atoms with Crippen LogP contribution in [0.25, 0.3) is 0 Å². The molecule has 0 radical (unpaired) electrons. The van der Waals surface area contributed by atoms with Gasteiger partial charge in [-0.05, 0) is 18.6 Å². The van der Waals surface area contributed by atoms with E-state index in [0.717, 1.165) is 10.7 Å². The standard InChI is InChI=1S/C12H20N2O5S/c1-4-5-9(15)8-13-12(16)10-6-7-11(19-10)20(17,18)14(2)3/h6-7,9,15H,4-5,8H2,1-3H3,(H,13,16). The molecule has 1 aromatic heterocycles. The predicted molar refractivity (Wildman–Crippen MR) is 72.8 cm³/mol. The van der Waals surface area contributed by atoms with Crippen molar-refractivity contribution in [3.63, 3.8) is 0 Å². The molecule has 114 valence electrons. The quantitative estimate of drug-likeness (QED) is 0.760. The number of carbonyl (C=O) groups excluding carboxylic acids is 1. The highest BCUT2D eigenvalue weighted by atomic mass is 32.2. The largest absolute Gasteiger partial charge is 0.438 e. The van der Waals surface area contributed by atoms with Gasteiger partial charge in [0.15, 0.2) is 5.76 Å². The Morgan fingerprint density at radius 1 is 1.45 bits per heavy atom. The van der Waals surface area contributed by atoms with Crippen LogP contribution in [0.15, 0.2) is 21.6 Å². The molecule has 1 heterocycles. The van der Waals surface area contributed by atoms with Crippen molar-refractivity contribution < 1.29 is 22.7 Å². The van der Waals surface area contributed by atoms with Gasteiger partial charge >= 0.3 is 0 Å². The maximum atomic E-state index is 11.8. The molecule has 8 heteroatoms. The van der Waals surface area contributed by atoms with Crippen LogP contribution >= 0.6 is 0 Å². The van der Waals surface area contributed by atoms with E-state index in [-0.39, 0.29) is 17.4 Å². The molecule has 0 saturated carbocycles. The molecule has 20 heavy (non-hydrogen) atoms. The molecule has 0 aliphatic rings. The fourth-order valence-electron chi connectivity index (χ4n) is 1.49. The normalized spacial score (nSPS) is 13.4. The zero-order valence-electron chi connectivity index (χ0n) is 11.8. The second-order valence-corrected chi connectivity index (χ2v) is 6.64. The fraction of sp³-hybridized carbons (Fsp3) is 0.583. The summed E-state index contributed by atoms with van der Waals surface area (Å²) in [5.41, 5.74) is 0. The van der Waals surface area contributed by atoms with Gasteiger partial charge in [-0.2, -0.15) is 0 Å². The van der Waals surface area contributed by atoms with Crippen molar-refractivity contribution in [3.05, 3.63) is 17.9 Å². The Balaban J connectivity index is 2.70.